The first-order chi connectivity index (χ1) is 12.0. The zero-order valence-corrected chi connectivity index (χ0v) is 18.3. The lowest BCUT2D eigenvalue weighted by Gasteiger charge is -2.53. The summed E-state index contributed by atoms with van der Waals surface area (Å²) in [5.41, 5.74) is 6.22. The molecule has 2 fully saturated rings. The lowest BCUT2D eigenvalue weighted by atomic mass is 9.52. The zero-order valence-electron chi connectivity index (χ0n) is 18.3. The monoisotopic (exact) mass is 352 g/mol. The van der Waals surface area contributed by atoms with Crippen LogP contribution in [-0.4, -0.2) is 0 Å². The molecular weight excluding hydrogens is 312 g/mol. The van der Waals surface area contributed by atoms with E-state index in [2.05, 4.69) is 66.7 Å². The van der Waals surface area contributed by atoms with Crippen molar-refractivity contribution in [3.63, 3.8) is 0 Å². The van der Waals surface area contributed by atoms with E-state index in [1.165, 1.54) is 44.1 Å². The maximum atomic E-state index is 2.66. The summed E-state index contributed by atoms with van der Waals surface area (Å²) < 4.78 is 0. The lowest BCUT2D eigenvalue weighted by molar-refractivity contribution is -0.00904. The largest absolute Gasteiger partial charge is 0.0599 e. The molecule has 26 heavy (non-hydrogen) atoms. The van der Waals surface area contributed by atoms with Crippen molar-refractivity contribution in [2.24, 2.45) is 28.6 Å². The van der Waals surface area contributed by atoms with Gasteiger partial charge in [0.15, 0.2) is 0 Å². The minimum atomic E-state index is 0.266. The Labute approximate surface area is 162 Å². The van der Waals surface area contributed by atoms with Crippen LogP contribution in [0.1, 0.15) is 103 Å². The van der Waals surface area contributed by atoms with Gasteiger partial charge >= 0.3 is 0 Å². The summed E-state index contributed by atoms with van der Waals surface area (Å²) >= 11 is 0. The molecule has 3 aliphatic carbocycles. The predicted octanol–water partition coefficient (Wildman–Crippen LogP) is 7.50. The second kappa shape index (κ2) is 5.86. The molecule has 0 saturated heterocycles. The highest BCUT2D eigenvalue weighted by Gasteiger charge is 2.56. The third kappa shape index (κ3) is 2.78. The molecule has 0 heteroatoms. The highest BCUT2D eigenvalue weighted by molar-refractivity contribution is 5.40. The van der Waals surface area contributed by atoms with Crippen molar-refractivity contribution in [3.05, 3.63) is 34.9 Å². The second-order valence-corrected chi connectivity index (χ2v) is 12.1. The molecule has 0 aliphatic heterocycles. The molecule has 0 radical (unpaired) electrons. The summed E-state index contributed by atoms with van der Waals surface area (Å²) in [7, 11) is 0. The molecule has 0 bridgehead atoms. The molecule has 5 atom stereocenters. The van der Waals surface area contributed by atoms with E-state index in [-0.39, 0.29) is 5.41 Å². The Hall–Kier alpha value is -0.780. The Morgan fingerprint density at radius 1 is 0.923 bits per heavy atom. The van der Waals surface area contributed by atoms with Crippen molar-refractivity contribution >= 4 is 0 Å². The van der Waals surface area contributed by atoms with Crippen LogP contribution in [0.2, 0.25) is 0 Å². The van der Waals surface area contributed by atoms with Gasteiger partial charge in [-0.05, 0) is 95.1 Å². The van der Waals surface area contributed by atoms with Gasteiger partial charge in [-0.3, -0.25) is 0 Å². The Balaban J connectivity index is 1.65. The normalized spacial score (nSPS) is 37.0. The molecule has 0 heterocycles. The van der Waals surface area contributed by atoms with Gasteiger partial charge in [-0.25, -0.2) is 0 Å². The molecule has 3 aliphatic rings. The first-order valence-corrected chi connectivity index (χ1v) is 11.1. The van der Waals surface area contributed by atoms with Gasteiger partial charge in [0.05, 0.1) is 0 Å². The Bertz CT molecular complexity index is 683. The Morgan fingerprint density at radius 2 is 1.65 bits per heavy atom. The maximum absolute atomic E-state index is 2.66. The summed E-state index contributed by atoms with van der Waals surface area (Å²) in [5, 5.41) is 0. The van der Waals surface area contributed by atoms with Crippen LogP contribution in [0.3, 0.4) is 0 Å². The standard InChI is InChI=1S/C26H40/c1-24(2,3)18-9-11-19-17(16-18)8-10-21-20(19)14-15-26(7)22(21)12-13-23(26)25(4,5)6/h9,11,16,20-23H,8,10,12-15H2,1-7H3. The molecule has 1 aromatic rings. The first-order valence-electron chi connectivity index (χ1n) is 11.1. The van der Waals surface area contributed by atoms with Gasteiger partial charge in [0.25, 0.3) is 0 Å². The molecule has 4 rings (SSSR count). The number of hydrogen-bond donors (Lipinski definition) is 0. The van der Waals surface area contributed by atoms with Crippen LogP contribution in [0.5, 0.6) is 0 Å². The van der Waals surface area contributed by atoms with Crippen LogP contribution in [0.15, 0.2) is 18.2 Å². The van der Waals surface area contributed by atoms with Gasteiger partial charge in [0.2, 0.25) is 0 Å². The fraction of sp³-hybridized carbons (Fsp3) is 0.769. The number of fused-ring (bicyclic) bond motifs is 5. The van der Waals surface area contributed by atoms with Crippen LogP contribution < -0.4 is 0 Å². The van der Waals surface area contributed by atoms with Gasteiger partial charge < -0.3 is 0 Å². The van der Waals surface area contributed by atoms with Crippen LogP contribution in [0, 0.1) is 28.6 Å². The summed E-state index contributed by atoms with van der Waals surface area (Å²) in [4.78, 5) is 0. The molecule has 0 aromatic heterocycles. The fourth-order valence-corrected chi connectivity index (χ4v) is 7.47. The topological polar surface area (TPSA) is 0 Å². The maximum Gasteiger partial charge on any atom is -0.0128 e. The summed E-state index contributed by atoms with van der Waals surface area (Å²) in [6, 6.07) is 7.50. The van der Waals surface area contributed by atoms with Crippen LogP contribution >= 0.6 is 0 Å². The molecule has 144 valence electrons. The van der Waals surface area contributed by atoms with Crippen molar-refractivity contribution in [3.8, 4) is 0 Å². The average molecular weight is 353 g/mol. The van der Waals surface area contributed by atoms with Gasteiger partial charge in [0, 0.05) is 0 Å². The summed E-state index contributed by atoms with van der Waals surface area (Å²) in [5.74, 6) is 3.64. The molecule has 0 spiro atoms. The van der Waals surface area contributed by atoms with Crippen LogP contribution in [0.25, 0.3) is 0 Å². The van der Waals surface area contributed by atoms with E-state index in [1.54, 1.807) is 11.1 Å². The van der Waals surface area contributed by atoms with E-state index >= 15 is 0 Å². The van der Waals surface area contributed by atoms with E-state index in [4.69, 9.17) is 0 Å². The smallest absolute Gasteiger partial charge is 0.0128 e. The van der Waals surface area contributed by atoms with Crippen molar-refractivity contribution in [2.75, 3.05) is 0 Å². The van der Waals surface area contributed by atoms with E-state index in [1.807, 2.05) is 0 Å². The molecule has 0 N–H and O–H groups in total. The molecule has 5 unspecified atom stereocenters. The van der Waals surface area contributed by atoms with E-state index in [0.717, 1.165) is 23.7 Å². The van der Waals surface area contributed by atoms with E-state index in [9.17, 15) is 0 Å². The Kier molecular flexibility index (Phi) is 4.18. The zero-order chi connectivity index (χ0) is 18.9. The molecule has 2 saturated carbocycles. The van der Waals surface area contributed by atoms with Crippen molar-refractivity contribution in [2.45, 2.75) is 98.3 Å². The minimum absolute atomic E-state index is 0.266. The van der Waals surface area contributed by atoms with Gasteiger partial charge in [-0.15, -0.1) is 0 Å². The third-order valence-electron chi connectivity index (χ3n) is 8.64. The van der Waals surface area contributed by atoms with Crippen LogP contribution in [-0.2, 0) is 11.8 Å². The molecule has 1 aromatic carbocycles. The van der Waals surface area contributed by atoms with E-state index < -0.39 is 0 Å². The summed E-state index contributed by atoms with van der Waals surface area (Å²) in [6.07, 6.45) is 8.56. The first kappa shape index (κ1) is 18.6. The average Bonchev–Trinajstić information content (AvgIpc) is 2.90. The SMILES string of the molecule is CC(C)(C)c1ccc2c(c1)CCC1C2CCC2(C)C1CCC2C(C)(C)C. The van der Waals surface area contributed by atoms with E-state index in [0.29, 0.717) is 10.8 Å². The fourth-order valence-electron chi connectivity index (χ4n) is 7.47. The third-order valence-corrected chi connectivity index (χ3v) is 8.64. The predicted molar refractivity (Wildman–Crippen MR) is 113 cm³/mol. The number of benzene rings is 1. The van der Waals surface area contributed by atoms with Crippen LogP contribution in [0.4, 0.5) is 0 Å². The number of aryl methyl sites for hydroxylation is 1. The highest BCUT2D eigenvalue weighted by Crippen LogP contribution is 2.65. The number of hydrogen-bond acceptors (Lipinski definition) is 0. The van der Waals surface area contributed by atoms with Gasteiger partial charge in [-0.2, -0.15) is 0 Å². The second-order valence-electron chi connectivity index (χ2n) is 12.1. The quantitative estimate of drug-likeness (QED) is 0.453. The van der Waals surface area contributed by atoms with Crippen molar-refractivity contribution < 1.29 is 0 Å². The molecule has 0 amide bonds. The molecule has 0 nitrogen and oxygen atoms in total. The van der Waals surface area contributed by atoms with Crippen molar-refractivity contribution in [1.29, 1.82) is 0 Å². The summed E-state index contributed by atoms with van der Waals surface area (Å²) in [6.45, 7) is 17.2. The molecular formula is C26H40. The minimum Gasteiger partial charge on any atom is -0.0599 e. The van der Waals surface area contributed by atoms with Crippen molar-refractivity contribution in [1.82, 2.24) is 0 Å². The Morgan fingerprint density at radius 3 is 2.31 bits per heavy atom. The van der Waals surface area contributed by atoms with Gasteiger partial charge in [-0.1, -0.05) is 66.7 Å². The lowest BCUT2D eigenvalue weighted by Crippen LogP contribution is -2.45. The van der Waals surface area contributed by atoms with Gasteiger partial charge in [0.1, 0.15) is 0 Å². The highest BCUT2D eigenvalue weighted by atomic mass is 14.6. The number of rotatable bonds is 0.